The molecule has 0 saturated carbocycles. The number of aliphatic hydroxyl groups excluding tert-OH is 1. The highest BCUT2D eigenvalue weighted by Gasteiger charge is 2.27. The highest BCUT2D eigenvalue weighted by molar-refractivity contribution is 7.17. The molecule has 2 aromatic carbocycles. The van der Waals surface area contributed by atoms with Crippen LogP contribution in [0.4, 0.5) is 8.78 Å². The summed E-state index contributed by atoms with van der Waals surface area (Å²) in [6.45, 7) is -0.212. The molecule has 3 aromatic heterocycles. The van der Waals surface area contributed by atoms with Crippen molar-refractivity contribution in [3.8, 4) is 22.1 Å². The van der Waals surface area contributed by atoms with E-state index in [1.807, 2.05) is 0 Å². The fraction of sp³-hybridized carbons (Fsp3) is 0.194. The van der Waals surface area contributed by atoms with Crippen LogP contribution in [-0.4, -0.2) is 38.1 Å². The van der Waals surface area contributed by atoms with Crippen molar-refractivity contribution >= 4 is 28.9 Å². The van der Waals surface area contributed by atoms with Crippen molar-refractivity contribution in [2.45, 2.75) is 39.8 Å². The molecule has 5 rings (SSSR count). The number of benzene rings is 2. The molecule has 43 heavy (non-hydrogen) atoms. The molecule has 0 fully saturated rings. The number of aliphatic hydroxyl groups is 1. The Balaban J connectivity index is 1.44. The third-order valence-corrected chi connectivity index (χ3v) is 7.96. The molecule has 12 heteroatoms. The number of halogens is 2. The Labute approximate surface area is 248 Å². The number of imidazole rings is 1. The van der Waals surface area contributed by atoms with E-state index in [4.69, 9.17) is 14.2 Å². The van der Waals surface area contributed by atoms with Crippen LogP contribution in [0.2, 0.25) is 0 Å². The number of carboxylic acids is 1. The van der Waals surface area contributed by atoms with E-state index < -0.39 is 24.7 Å². The lowest BCUT2D eigenvalue weighted by atomic mass is 10.1. The summed E-state index contributed by atoms with van der Waals surface area (Å²) >= 11 is 0.995. The fourth-order valence-corrected chi connectivity index (χ4v) is 5.65. The summed E-state index contributed by atoms with van der Waals surface area (Å²) < 4.78 is 44.7. The van der Waals surface area contributed by atoms with E-state index in [9.17, 15) is 28.6 Å². The predicted molar refractivity (Wildman–Crippen MR) is 154 cm³/mol. The number of hydrogen-bond donors (Lipinski definition) is 2. The van der Waals surface area contributed by atoms with E-state index >= 15 is 0 Å². The number of fused-ring (bicyclic) bond motifs is 1. The summed E-state index contributed by atoms with van der Waals surface area (Å²) in [5.41, 5.74) is 3.38. The molecule has 3 heterocycles. The molecule has 222 valence electrons. The Hall–Kier alpha value is -4.81. The Bertz CT molecular complexity index is 1790. The van der Waals surface area contributed by atoms with Gasteiger partial charge in [-0.3, -0.25) is 4.40 Å². The van der Waals surface area contributed by atoms with Gasteiger partial charge in [0.1, 0.15) is 29.9 Å². The smallest absolute Gasteiger partial charge is 0.387 e. The minimum absolute atomic E-state index is 0.0756. The van der Waals surface area contributed by atoms with Gasteiger partial charge in [0.15, 0.2) is 4.88 Å². The van der Waals surface area contributed by atoms with Crippen molar-refractivity contribution in [3.05, 3.63) is 106 Å². The van der Waals surface area contributed by atoms with Crippen LogP contribution in [0.15, 0.2) is 73.1 Å². The van der Waals surface area contributed by atoms with E-state index in [1.165, 1.54) is 12.1 Å². The Morgan fingerprint density at radius 3 is 2.49 bits per heavy atom. The summed E-state index contributed by atoms with van der Waals surface area (Å²) in [7, 11) is 0. The van der Waals surface area contributed by atoms with Gasteiger partial charge in [0.25, 0.3) is 0 Å². The summed E-state index contributed by atoms with van der Waals surface area (Å²) in [6.07, 6.45) is 2.41. The Morgan fingerprint density at radius 1 is 1.05 bits per heavy atom. The first kappa shape index (κ1) is 29.7. The number of aromatic nitrogens is 2. The van der Waals surface area contributed by atoms with Crippen molar-refractivity contribution in [2.75, 3.05) is 0 Å². The van der Waals surface area contributed by atoms with Gasteiger partial charge in [0, 0.05) is 17.3 Å². The number of carboxylic acid groups (broad SMARTS) is 1. The lowest BCUT2D eigenvalue weighted by molar-refractivity contribution is -0.0513. The molecule has 0 bridgehead atoms. The van der Waals surface area contributed by atoms with Crippen molar-refractivity contribution in [1.82, 2.24) is 9.38 Å². The molecular weight excluding hydrogens is 582 g/mol. The topological polar surface area (TPSA) is 120 Å². The lowest BCUT2D eigenvalue weighted by Gasteiger charge is -2.20. The van der Waals surface area contributed by atoms with Crippen LogP contribution >= 0.6 is 11.3 Å². The van der Waals surface area contributed by atoms with Gasteiger partial charge in [-0.2, -0.15) is 8.78 Å². The minimum atomic E-state index is -3.14. The Morgan fingerprint density at radius 2 is 1.79 bits per heavy atom. The van der Waals surface area contributed by atoms with Crippen LogP contribution in [0.3, 0.4) is 0 Å². The zero-order valence-corrected chi connectivity index (χ0v) is 23.8. The van der Waals surface area contributed by atoms with Gasteiger partial charge in [-0.25, -0.2) is 14.6 Å². The fourth-order valence-electron chi connectivity index (χ4n) is 4.56. The molecule has 0 radical (unpaired) electrons. The SMILES string of the molecule is Cc1c(-c2cnc3ccc(CO)cn23)sc(C(=O)O)c1O[C@H](C)c1ccc(COC(=O)c2ccccc2)cc1OC(F)F. The second kappa shape index (κ2) is 12.6. The summed E-state index contributed by atoms with van der Waals surface area (Å²) in [6, 6.07) is 16.3. The number of rotatable bonds is 11. The number of ether oxygens (including phenoxy) is 3. The highest BCUT2D eigenvalue weighted by atomic mass is 32.1. The largest absolute Gasteiger partial charge is 0.484 e. The first-order valence-electron chi connectivity index (χ1n) is 13.1. The van der Waals surface area contributed by atoms with Crippen LogP contribution in [0.25, 0.3) is 16.2 Å². The molecule has 0 aliphatic carbocycles. The van der Waals surface area contributed by atoms with Crippen LogP contribution < -0.4 is 9.47 Å². The Kier molecular flexibility index (Phi) is 8.69. The molecule has 0 amide bonds. The summed E-state index contributed by atoms with van der Waals surface area (Å²) in [5.74, 6) is -1.90. The molecule has 0 aliphatic rings. The minimum Gasteiger partial charge on any atom is -0.484 e. The van der Waals surface area contributed by atoms with Gasteiger partial charge in [-0.1, -0.05) is 36.4 Å². The zero-order chi connectivity index (χ0) is 30.7. The average molecular weight is 609 g/mol. The van der Waals surface area contributed by atoms with Crippen molar-refractivity contribution in [1.29, 1.82) is 0 Å². The number of carbonyl (C=O) groups excluding carboxylic acids is 1. The summed E-state index contributed by atoms with van der Waals surface area (Å²) in [4.78, 5) is 29.4. The van der Waals surface area contributed by atoms with Crippen LogP contribution in [0, 0.1) is 6.92 Å². The van der Waals surface area contributed by atoms with Gasteiger partial charge in [-0.05, 0) is 49.2 Å². The van der Waals surface area contributed by atoms with E-state index in [0.717, 1.165) is 11.3 Å². The number of pyridine rings is 1. The first-order valence-corrected chi connectivity index (χ1v) is 13.9. The third kappa shape index (κ3) is 6.35. The number of hydrogen-bond acceptors (Lipinski definition) is 8. The maximum Gasteiger partial charge on any atom is 0.387 e. The molecule has 0 unspecified atom stereocenters. The number of carbonyl (C=O) groups is 2. The number of esters is 1. The van der Waals surface area contributed by atoms with E-state index in [-0.39, 0.29) is 35.2 Å². The first-order chi connectivity index (χ1) is 20.7. The van der Waals surface area contributed by atoms with E-state index in [2.05, 4.69) is 4.98 Å². The number of thiophene rings is 1. The number of nitrogens with zero attached hydrogens (tertiary/aromatic N) is 2. The third-order valence-electron chi connectivity index (χ3n) is 6.67. The average Bonchev–Trinajstić information content (AvgIpc) is 3.56. The molecule has 2 N–H and O–H groups in total. The molecule has 9 nitrogen and oxygen atoms in total. The van der Waals surface area contributed by atoms with Crippen LogP contribution in [0.1, 0.15) is 55.3 Å². The van der Waals surface area contributed by atoms with E-state index in [0.29, 0.717) is 38.5 Å². The molecule has 5 aromatic rings. The molecule has 0 saturated heterocycles. The quantitative estimate of drug-likeness (QED) is 0.160. The molecule has 0 aliphatic heterocycles. The molecule has 1 atom stereocenters. The van der Waals surface area contributed by atoms with Gasteiger partial charge in [-0.15, -0.1) is 11.3 Å². The van der Waals surface area contributed by atoms with Gasteiger partial charge in [0.2, 0.25) is 0 Å². The monoisotopic (exact) mass is 608 g/mol. The predicted octanol–water partition coefficient (Wildman–Crippen LogP) is 6.66. The normalized spacial score (nSPS) is 12.0. The number of aromatic carboxylic acids is 1. The second-order valence-electron chi connectivity index (χ2n) is 9.54. The molecule has 0 spiro atoms. The van der Waals surface area contributed by atoms with Gasteiger partial charge < -0.3 is 24.4 Å². The maximum absolute atomic E-state index is 13.4. The van der Waals surface area contributed by atoms with Crippen molar-refractivity contribution in [2.24, 2.45) is 0 Å². The van der Waals surface area contributed by atoms with Crippen LogP contribution in [-0.2, 0) is 18.0 Å². The summed E-state index contributed by atoms with van der Waals surface area (Å²) in [5, 5.41) is 19.6. The van der Waals surface area contributed by atoms with Gasteiger partial charge in [0.05, 0.1) is 28.9 Å². The zero-order valence-electron chi connectivity index (χ0n) is 23.0. The van der Waals surface area contributed by atoms with Crippen LogP contribution in [0.5, 0.6) is 11.5 Å². The standard InChI is InChI=1S/C31H26F2N2O7S/c1-17-26(28(29(37)38)43-27(17)23-13-34-25-11-9-20(15-36)14-35(23)25)41-18(2)22-10-8-19(12-24(22)42-31(32)33)16-40-30(39)21-6-4-3-5-7-21/h3-14,18,31,36H,15-16H2,1-2H3,(H,37,38)/t18-/m1/s1. The van der Waals surface area contributed by atoms with E-state index in [1.54, 1.807) is 79.2 Å². The van der Waals surface area contributed by atoms with Crippen molar-refractivity contribution < 1.29 is 42.8 Å². The lowest BCUT2D eigenvalue weighted by Crippen LogP contribution is -2.12. The molecular formula is C31H26F2N2O7S. The highest BCUT2D eigenvalue weighted by Crippen LogP contribution is 2.44. The number of alkyl halides is 2. The van der Waals surface area contributed by atoms with Gasteiger partial charge >= 0.3 is 18.6 Å². The maximum atomic E-state index is 13.4. The van der Waals surface area contributed by atoms with Crippen molar-refractivity contribution in [3.63, 3.8) is 0 Å². The second-order valence-corrected chi connectivity index (χ2v) is 10.6.